The number of fused-ring (bicyclic) bond motifs is 1. The number of nitrogens with zero attached hydrogens (tertiary/aromatic N) is 2. The van der Waals surface area contributed by atoms with Crippen molar-refractivity contribution in [2.75, 3.05) is 19.8 Å². The molecule has 2 N–H and O–H groups in total. The number of rotatable bonds is 9. The molecule has 1 amide bonds. The predicted octanol–water partition coefficient (Wildman–Crippen LogP) is 6.44. The molecule has 3 fully saturated rings. The second kappa shape index (κ2) is 12.0. The molecule has 6 rings (SSSR count). The SMILES string of the molecule is CC1(C)OB(C(=C(c2ccc(OCCOC(N)=O)cc2)c2ccc3c(cnn3C3CCCCO3)c2)C2CCC2)OC1(C)C. The highest BCUT2D eigenvalue weighted by Crippen LogP contribution is 2.47. The topological polar surface area (TPSA) is 107 Å². The number of hydrogen-bond donors (Lipinski definition) is 1. The first-order valence-electron chi connectivity index (χ1n) is 15.5. The second-order valence-corrected chi connectivity index (χ2v) is 12.8. The van der Waals surface area contributed by atoms with E-state index in [4.69, 9.17) is 34.4 Å². The third-order valence-electron chi connectivity index (χ3n) is 9.39. The van der Waals surface area contributed by atoms with Crippen molar-refractivity contribution in [3.8, 4) is 5.75 Å². The number of carbonyl (C=O) groups is 1. The van der Waals surface area contributed by atoms with Gasteiger partial charge in [-0.05, 0) is 112 Å². The number of nitrogens with two attached hydrogens (primary N) is 1. The first kappa shape index (κ1) is 29.7. The van der Waals surface area contributed by atoms with Gasteiger partial charge in [0.2, 0.25) is 0 Å². The highest BCUT2D eigenvalue weighted by Gasteiger charge is 2.54. The molecule has 0 bridgehead atoms. The molecule has 0 spiro atoms. The van der Waals surface area contributed by atoms with Crippen LogP contribution in [0.5, 0.6) is 5.75 Å². The van der Waals surface area contributed by atoms with Crippen LogP contribution in [0.4, 0.5) is 4.79 Å². The van der Waals surface area contributed by atoms with Crippen molar-refractivity contribution in [1.29, 1.82) is 0 Å². The molecular weight excluding hydrogens is 545 g/mol. The fourth-order valence-electron chi connectivity index (χ4n) is 6.08. The number of hydrogen-bond acceptors (Lipinski definition) is 7. The van der Waals surface area contributed by atoms with Crippen molar-refractivity contribution in [1.82, 2.24) is 9.78 Å². The van der Waals surface area contributed by atoms with Gasteiger partial charge >= 0.3 is 13.2 Å². The van der Waals surface area contributed by atoms with Crippen LogP contribution in [0.1, 0.15) is 83.6 Å². The van der Waals surface area contributed by atoms with Gasteiger partial charge in [0.1, 0.15) is 19.0 Å². The average Bonchev–Trinajstić information content (AvgIpc) is 3.47. The molecule has 10 heteroatoms. The standard InChI is InChI=1S/C33H42BN3O6/c1-32(2)33(3,4)43-34(42-32)30(23-8-7-9-23)29(22-11-14-26(15-12-22)39-18-19-41-31(35)38)24-13-16-27-25(20-24)21-36-37(27)28-10-5-6-17-40-28/h11-16,20-21,23,28H,5-10,17-19H2,1-4H3,(H2,35,38). The van der Waals surface area contributed by atoms with Crippen LogP contribution < -0.4 is 10.5 Å². The van der Waals surface area contributed by atoms with Gasteiger partial charge < -0.3 is 29.3 Å². The van der Waals surface area contributed by atoms with E-state index < -0.39 is 24.4 Å². The Kier molecular flexibility index (Phi) is 8.28. The predicted molar refractivity (Wildman–Crippen MR) is 165 cm³/mol. The Morgan fingerprint density at radius 1 is 0.977 bits per heavy atom. The maximum Gasteiger partial charge on any atom is 0.491 e. The largest absolute Gasteiger partial charge is 0.491 e. The molecule has 0 radical (unpaired) electrons. The van der Waals surface area contributed by atoms with E-state index in [2.05, 4.69) is 58.0 Å². The Bertz CT molecular complexity index is 1470. The van der Waals surface area contributed by atoms with Crippen LogP contribution in [-0.2, 0) is 18.8 Å². The van der Waals surface area contributed by atoms with Crippen molar-refractivity contribution >= 4 is 29.7 Å². The van der Waals surface area contributed by atoms with Gasteiger partial charge in [-0.25, -0.2) is 9.48 Å². The minimum Gasteiger partial charge on any atom is -0.490 e. The Morgan fingerprint density at radius 3 is 2.33 bits per heavy atom. The summed E-state index contributed by atoms with van der Waals surface area (Å²) < 4.78 is 32.0. The van der Waals surface area contributed by atoms with Crippen LogP contribution in [0.15, 0.2) is 54.1 Å². The monoisotopic (exact) mass is 587 g/mol. The minimum atomic E-state index is -0.811. The summed E-state index contributed by atoms with van der Waals surface area (Å²) >= 11 is 0. The Morgan fingerprint density at radius 2 is 1.70 bits per heavy atom. The Labute approximate surface area is 253 Å². The number of ether oxygens (including phenoxy) is 3. The van der Waals surface area contributed by atoms with Crippen LogP contribution in [0.25, 0.3) is 16.5 Å². The lowest BCUT2D eigenvalue weighted by Gasteiger charge is -2.32. The van der Waals surface area contributed by atoms with Gasteiger partial charge in [0.25, 0.3) is 0 Å². The van der Waals surface area contributed by atoms with Gasteiger partial charge in [-0.1, -0.05) is 24.6 Å². The van der Waals surface area contributed by atoms with Crippen LogP contribution in [-0.4, -0.2) is 54.0 Å². The fourth-order valence-corrected chi connectivity index (χ4v) is 6.08. The molecule has 1 unspecified atom stereocenters. The highest BCUT2D eigenvalue weighted by atomic mass is 16.7. The summed E-state index contributed by atoms with van der Waals surface area (Å²) in [5.41, 5.74) is 9.68. The molecule has 43 heavy (non-hydrogen) atoms. The summed E-state index contributed by atoms with van der Waals surface area (Å²) in [6.07, 6.45) is 7.71. The maximum atomic E-state index is 10.9. The zero-order chi connectivity index (χ0) is 30.2. The number of amides is 1. The number of aromatic nitrogens is 2. The van der Waals surface area contributed by atoms with E-state index in [1.165, 1.54) is 11.9 Å². The van der Waals surface area contributed by atoms with E-state index in [0.29, 0.717) is 11.7 Å². The molecule has 2 aromatic carbocycles. The molecule has 3 aliphatic rings. The van der Waals surface area contributed by atoms with Crippen molar-refractivity contribution in [2.24, 2.45) is 11.7 Å². The number of benzene rings is 2. The van der Waals surface area contributed by atoms with Crippen molar-refractivity contribution in [2.45, 2.75) is 83.6 Å². The molecule has 228 valence electrons. The van der Waals surface area contributed by atoms with E-state index in [0.717, 1.165) is 66.3 Å². The van der Waals surface area contributed by atoms with Crippen LogP contribution in [0.2, 0.25) is 0 Å². The van der Waals surface area contributed by atoms with Crippen LogP contribution >= 0.6 is 0 Å². The zero-order valence-corrected chi connectivity index (χ0v) is 25.6. The van der Waals surface area contributed by atoms with Crippen molar-refractivity contribution in [3.05, 3.63) is 65.3 Å². The number of carbonyl (C=O) groups excluding carboxylic acids is 1. The van der Waals surface area contributed by atoms with Crippen LogP contribution in [0.3, 0.4) is 0 Å². The Balaban J connectivity index is 1.41. The molecule has 1 aliphatic carbocycles. The summed E-state index contributed by atoms with van der Waals surface area (Å²) in [5, 5.41) is 5.81. The van der Waals surface area contributed by atoms with Gasteiger partial charge in [0, 0.05) is 12.0 Å². The summed E-state index contributed by atoms with van der Waals surface area (Å²) in [4.78, 5) is 10.9. The van der Waals surface area contributed by atoms with Gasteiger partial charge in [0.15, 0.2) is 6.23 Å². The third kappa shape index (κ3) is 6.05. The first-order chi connectivity index (χ1) is 20.6. The van der Waals surface area contributed by atoms with Crippen molar-refractivity contribution in [3.63, 3.8) is 0 Å². The lowest BCUT2D eigenvalue weighted by Crippen LogP contribution is -2.41. The molecular formula is C33H42BN3O6. The molecule has 9 nitrogen and oxygen atoms in total. The van der Waals surface area contributed by atoms with Gasteiger partial charge in [-0.3, -0.25) is 0 Å². The van der Waals surface area contributed by atoms with Gasteiger partial charge in [-0.15, -0.1) is 0 Å². The maximum absolute atomic E-state index is 10.9. The van der Waals surface area contributed by atoms with Crippen molar-refractivity contribution < 1.29 is 28.3 Å². The lowest BCUT2D eigenvalue weighted by molar-refractivity contribution is -0.0366. The quantitative estimate of drug-likeness (QED) is 0.227. The second-order valence-electron chi connectivity index (χ2n) is 12.8. The van der Waals surface area contributed by atoms with Crippen LogP contribution in [0, 0.1) is 5.92 Å². The molecule has 1 aromatic heterocycles. The summed E-state index contributed by atoms with van der Waals surface area (Å²) in [6, 6.07) is 14.6. The molecule has 1 saturated carbocycles. The number of primary amides is 1. The first-order valence-corrected chi connectivity index (χ1v) is 15.5. The van der Waals surface area contributed by atoms with E-state index in [1.54, 1.807) is 0 Å². The molecule has 3 aromatic rings. The summed E-state index contributed by atoms with van der Waals surface area (Å²) in [6.45, 7) is 9.50. The smallest absolute Gasteiger partial charge is 0.490 e. The lowest BCUT2D eigenvalue weighted by atomic mass is 9.60. The molecule has 1 atom stereocenters. The van der Waals surface area contributed by atoms with Gasteiger partial charge in [0.05, 0.1) is 22.9 Å². The fraction of sp³-hybridized carbons (Fsp3) is 0.515. The van der Waals surface area contributed by atoms with E-state index in [1.807, 2.05) is 23.0 Å². The highest BCUT2D eigenvalue weighted by molar-refractivity contribution is 6.56. The summed E-state index contributed by atoms with van der Waals surface area (Å²) in [5.74, 6) is 1.04. The Hall–Kier alpha value is -3.34. The van der Waals surface area contributed by atoms with E-state index in [-0.39, 0.29) is 19.4 Å². The van der Waals surface area contributed by atoms with E-state index in [9.17, 15) is 4.79 Å². The minimum absolute atomic E-state index is 0.0247. The molecule has 2 saturated heterocycles. The summed E-state index contributed by atoms with van der Waals surface area (Å²) in [7, 11) is -0.457. The molecule has 3 heterocycles. The average molecular weight is 588 g/mol. The normalized spacial score (nSPS) is 22.2. The molecule has 2 aliphatic heterocycles. The number of allylic oxidation sites excluding steroid dienone is 1. The van der Waals surface area contributed by atoms with E-state index >= 15 is 0 Å². The van der Waals surface area contributed by atoms with Gasteiger partial charge in [-0.2, -0.15) is 5.10 Å². The zero-order valence-electron chi connectivity index (χ0n) is 25.6. The third-order valence-corrected chi connectivity index (χ3v) is 9.39.